The van der Waals surface area contributed by atoms with E-state index in [1.165, 1.54) is 25.1 Å². The quantitative estimate of drug-likeness (QED) is 0.829. The lowest BCUT2D eigenvalue weighted by molar-refractivity contribution is -0.133. The summed E-state index contributed by atoms with van der Waals surface area (Å²) < 4.78 is 5.21. The minimum absolute atomic E-state index is 0.00286. The van der Waals surface area contributed by atoms with Crippen molar-refractivity contribution < 1.29 is 24.2 Å². The lowest BCUT2D eigenvalue weighted by Crippen LogP contribution is -2.39. The van der Waals surface area contributed by atoms with Gasteiger partial charge in [0.25, 0.3) is 5.91 Å². The molecule has 0 aromatic heterocycles. The minimum atomic E-state index is -1.47. The highest BCUT2D eigenvalue weighted by molar-refractivity contribution is 6.30. The predicted molar refractivity (Wildman–Crippen MR) is 83.4 cm³/mol. The lowest BCUT2D eigenvalue weighted by Gasteiger charge is -2.13. The van der Waals surface area contributed by atoms with Gasteiger partial charge in [0.15, 0.2) is 0 Å². The average Bonchev–Trinajstić information content (AvgIpc) is 2.60. The Hall–Kier alpha value is -2.54. The molecule has 1 heterocycles. The Kier molecular flexibility index (Phi) is 4.90. The number of methoxy groups -OCH3 is 1. The topological polar surface area (TPSA) is 87.2 Å². The molecule has 1 aromatic rings. The minimum Gasteiger partial charge on any atom is -0.496 e. The number of carbonyl (C=O) groups excluding carboxylic acids is 2. The number of benzene rings is 1. The van der Waals surface area contributed by atoms with Crippen molar-refractivity contribution in [1.82, 2.24) is 9.80 Å². The Labute approximate surface area is 137 Å². The standard InChI is InChI=1S/C15H15ClN2O5/c1-17-7-10(14(20)18(15(21)22)8-13(17)19)5-9-6-11(16)3-4-12(9)23-2/h3-6H,7-8H2,1-2H3,(H,21,22). The average molecular weight is 339 g/mol. The highest BCUT2D eigenvalue weighted by Crippen LogP contribution is 2.26. The first kappa shape index (κ1) is 16.8. The van der Waals surface area contributed by atoms with Crippen molar-refractivity contribution in [3.05, 3.63) is 34.4 Å². The van der Waals surface area contributed by atoms with Gasteiger partial charge in [0.1, 0.15) is 12.3 Å². The summed E-state index contributed by atoms with van der Waals surface area (Å²) in [6.45, 7) is -0.508. The van der Waals surface area contributed by atoms with Crippen LogP contribution < -0.4 is 4.74 Å². The van der Waals surface area contributed by atoms with E-state index in [9.17, 15) is 14.4 Å². The molecule has 7 nitrogen and oxygen atoms in total. The molecule has 1 aromatic carbocycles. The zero-order chi connectivity index (χ0) is 17.1. The number of nitrogens with zero attached hydrogens (tertiary/aromatic N) is 2. The van der Waals surface area contributed by atoms with Crippen LogP contribution in [-0.4, -0.2) is 60.1 Å². The van der Waals surface area contributed by atoms with Gasteiger partial charge in [0.05, 0.1) is 13.7 Å². The summed E-state index contributed by atoms with van der Waals surface area (Å²) in [5.41, 5.74) is 0.678. The van der Waals surface area contributed by atoms with E-state index in [1.807, 2.05) is 0 Å². The van der Waals surface area contributed by atoms with Crippen LogP contribution in [0, 0.1) is 0 Å². The van der Waals surface area contributed by atoms with Crippen LogP contribution in [0.25, 0.3) is 6.08 Å². The van der Waals surface area contributed by atoms with E-state index < -0.39 is 24.5 Å². The number of amides is 3. The molecule has 1 N–H and O–H groups in total. The number of hydrogen-bond acceptors (Lipinski definition) is 4. The van der Waals surface area contributed by atoms with E-state index in [1.54, 1.807) is 18.2 Å². The third kappa shape index (κ3) is 3.62. The number of imide groups is 1. The molecule has 0 bridgehead atoms. The van der Waals surface area contributed by atoms with E-state index in [0.717, 1.165) is 0 Å². The highest BCUT2D eigenvalue weighted by atomic mass is 35.5. The van der Waals surface area contributed by atoms with Gasteiger partial charge < -0.3 is 14.7 Å². The Morgan fingerprint density at radius 2 is 2.04 bits per heavy atom. The number of halogens is 1. The highest BCUT2D eigenvalue weighted by Gasteiger charge is 2.32. The normalized spacial score (nSPS) is 17.4. The van der Waals surface area contributed by atoms with Crippen molar-refractivity contribution in [3.8, 4) is 5.75 Å². The van der Waals surface area contributed by atoms with Crippen molar-refractivity contribution in [2.45, 2.75) is 0 Å². The molecule has 1 aliphatic rings. The predicted octanol–water partition coefficient (Wildman–Crippen LogP) is 1.71. The summed E-state index contributed by atoms with van der Waals surface area (Å²) in [7, 11) is 2.98. The Balaban J connectivity index is 2.50. The molecular weight excluding hydrogens is 324 g/mol. The molecule has 8 heteroatoms. The van der Waals surface area contributed by atoms with Gasteiger partial charge in [0, 0.05) is 23.2 Å². The first-order valence-electron chi connectivity index (χ1n) is 6.66. The number of carboxylic acid groups (broad SMARTS) is 1. The largest absolute Gasteiger partial charge is 0.496 e. The van der Waals surface area contributed by atoms with Gasteiger partial charge in [-0.05, 0) is 24.3 Å². The first-order chi connectivity index (χ1) is 10.8. The van der Waals surface area contributed by atoms with Crippen LogP contribution in [0.2, 0.25) is 5.02 Å². The van der Waals surface area contributed by atoms with Crippen molar-refractivity contribution in [1.29, 1.82) is 0 Å². The number of hydrogen-bond donors (Lipinski definition) is 1. The van der Waals surface area contributed by atoms with Crippen LogP contribution in [-0.2, 0) is 9.59 Å². The molecule has 0 unspecified atom stereocenters. The van der Waals surface area contributed by atoms with Crippen LogP contribution in [0.5, 0.6) is 5.75 Å². The van der Waals surface area contributed by atoms with Crippen LogP contribution in [0.15, 0.2) is 23.8 Å². The second-order valence-electron chi connectivity index (χ2n) is 4.98. The Bertz CT molecular complexity index is 701. The Morgan fingerprint density at radius 3 is 2.65 bits per heavy atom. The van der Waals surface area contributed by atoms with Gasteiger partial charge in [-0.15, -0.1) is 0 Å². The van der Waals surface area contributed by atoms with E-state index in [-0.39, 0.29) is 12.1 Å². The fourth-order valence-corrected chi connectivity index (χ4v) is 2.36. The molecule has 0 radical (unpaired) electrons. The zero-order valence-electron chi connectivity index (χ0n) is 12.6. The van der Waals surface area contributed by atoms with Crippen molar-refractivity contribution >= 4 is 35.6 Å². The van der Waals surface area contributed by atoms with E-state index in [2.05, 4.69) is 0 Å². The first-order valence-corrected chi connectivity index (χ1v) is 7.04. The molecule has 1 aliphatic heterocycles. The summed E-state index contributed by atoms with van der Waals surface area (Å²) >= 11 is 5.95. The SMILES string of the molecule is COc1ccc(Cl)cc1C=C1CN(C)C(=O)CN(C(=O)O)C1=O. The van der Waals surface area contributed by atoms with Gasteiger partial charge in [-0.1, -0.05) is 11.6 Å². The fraction of sp³-hybridized carbons (Fsp3) is 0.267. The lowest BCUT2D eigenvalue weighted by atomic mass is 10.1. The van der Waals surface area contributed by atoms with E-state index in [4.69, 9.17) is 21.4 Å². The molecule has 0 atom stereocenters. The molecule has 3 amide bonds. The number of ether oxygens (including phenoxy) is 1. The number of carbonyl (C=O) groups is 3. The van der Waals surface area contributed by atoms with E-state index in [0.29, 0.717) is 21.2 Å². The van der Waals surface area contributed by atoms with E-state index >= 15 is 0 Å². The van der Waals surface area contributed by atoms with Crippen LogP contribution in [0.1, 0.15) is 5.56 Å². The molecular formula is C15H15ClN2O5. The summed E-state index contributed by atoms with van der Waals surface area (Å²) in [6.07, 6.45) is 0.0144. The van der Waals surface area contributed by atoms with Gasteiger partial charge in [-0.2, -0.15) is 0 Å². The second-order valence-corrected chi connectivity index (χ2v) is 5.42. The maximum atomic E-state index is 12.4. The molecule has 1 saturated heterocycles. The van der Waals surface area contributed by atoms with Crippen LogP contribution in [0.3, 0.4) is 0 Å². The van der Waals surface area contributed by atoms with Gasteiger partial charge in [0.2, 0.25) is 5.91 Å². The molecule has 0 spiro atoms. The monoisotopic (exact) mass is 338 g/mol. The Morgan fingerprint density at radius 1 is 1.35 bits per heavy atom. The molecule has 2 rings (SSSR count). The molecule has 0 aliphatic carbocycles. The maximum Gasteiger partial charge on any atom is 0.414 e. The summed E-state index contributed by atoms with van der Waals surface area (Å²) in [5, 5.41) is 9.57. The molecule has 0 saturated carbocycles. The van der Waals surface area contributed by atoms with Crippen molar-refractivity contribution in [2.75, 3.05) is 27.2 Å². The van der Waals surface area contributed by atoms with Gasteiger partial charge in [-0.3, -0.25) is 9.59 Å². The third-order valence-corrected chi connectivity index (χ3v) is 3.63. The molecule has 23 heavy (non-hydrogen) atoms. The van der Waals surface area contributed by atoms with Crippen LogP contribution in [0.4, 0.5) is 4.79 Å². The molecule has 122 valence electrons. The zero-order valence-corrected chi connectivity index (χ0v) is 13.3. The fourth-order valence-electron chi connectivity index (χ4n) is 2.18. The maximum absolute atomic E-state index is 12.4. The van der Waals surface area contributed by atoms with Gasteiger partial charge in [-0.25, -0.2) is 9.69 Å². The summed E-state index contributed by atoms with van der Waals surface area (Å²) in [5.74, 6) is -0.714. The van der Waals surface area contributed by atoms with Gasteiger partial charge >= 0.3 is 6.09 Å². The second kappa shape index (κ2) is 6.70. The number of likely N-dealkylation sites (N-methyl/N-ethyl adjacent to an activating group) is 1. The van der Waals surface area contributed by atoms with Crippen molar-refractivity contribution in [3.63, 3.8) is 0 Å². The third-order valence-electron chi connectivity index (χ3n) is 3.40. The smallest absolute Gasteiger partial charge is 0.414 e. The summed E-state index contributed by atoms with van der Waals surface area (Å²) in [4.78, 5) is 37.2. The summed E-state index contributed by atoms with van der Waals surface area (Å²) in [6, 6.07) is 4.87. The van der Waals surface area contributed by atoms with Crippen LogP contribution >= 0.6 is 11.6 Å². The number of rotatable bonds is 2. The molecule has 1 fully saturated rings. The van der Waals surface area contributed by atoms with Crippen molar-refractivity contribution in [2.24, 2.45) is 0 Å².